The summed E-state index contributed by atoms with van der Waals surface area (Å²) in [7, 11) is 0. The molecule has 1 N–H and O–H groups in total. The van der Waals surface area contributed by atoms with Crippen molar-refractivity contribution in [3.63, 3.8) is 0 Å². The Hall–Kier alpha value is -1.49. The van der Waals surface area contributed by atoms with Crippen molar-refractivity contribution in [2.75, 3.05) is 13.1 Å². The number of hydrogen-bond donors (Lipinski definition) is 1. The lowest BCUT2D eigenvalue weighted by Gasteiger charge is -2.34. The number of halogens is 1. The molecule has 2 rings (SSSR count). The standard InChI is InChI=1S/C13H17FN2O2/c1-9(11-6-12(14)8-15-7-11)16-4-2-10(3-5-16)13(17)18/h6-10H,2-5H2,1H3,(H,17,18). The fourth-order valence-corrected chi connectivity index (χ4v) is 2.40. The minimum absolute atomic E-state index is 0.0722. The van der Waals surface area contributed by atoms with Crippen LogP contribution in [0.25, 0.3) is 0 Å². The monoisotopic (exact) mass is 252 g/mol. The summed E-state index contributed by atoms with van der Waals surface area (Å²) < 4.78 is 13.1. The van der Waals surface area contributed by atoms with Gasteiger partial charge in [0.2, 0.25) is 0 Å². The van der Waals surface area contributed by atoms with E-state index in [0.29, 0.717) is 12.8 Å². The van der Waals surface area contributed by atoms with Crippen molar-refractivity contribution in [2.45, 2.75) is 25.8 Å². The third kappa shape index (κ3) is 2.85. The van der Waals surface area contributed by atoms with Crippen molar-refractivity contribution in [2.24, 2.45) is 5.92 Å². The van der Waals surface area contributed by atoms with Gasteiger partial charge in [-0.05, 0) is 44.5 Å². The Morgan fingerprint density at radius 1 is 1.50 bits per heavy atom. The highest BCUT2D eigenvalue weighted by atomic mass is 19.1. The van der Waals surface area contributed by atoms with Gasteiger partial charge < -0.3 is 5.11 Å². The normalized spacial score (nSPS) is 19.7. The van der Waals surface area contributed by atoms with Crippen LogP contribution in [0.1, 0.15) is 31.4 Å². The SMILES string of the molecule is CC(c1cncc(F)c1)N1CCC(C(=O)O)CC1. The topological polar surface area (TPSA) is 53.4 Å². The number of carboxylic acid groups (broad SMARTS) is 1. The minimum atomic E-state index is -0.713. The van der Waals surface area contributed by atoms with Gasteiger partial charge in [-0.15, -0.1) is 0 Å². The molecular formula is C13H17FN2O2. The molecule has 1 unspecified atom stereocenters. The lowest BCUT2D eigenvalue weighted by molar-refractivity contribution is -0.143. The summed E-state index contributed by atoms with van der Waals surface area (Å²) in [6.07, 6.45) is 4.16. The molecule has 0 aromatic carbocycles. The van der Waals surface area contributed by atoms with Gasteiger partial charge >= 0.3 is 5.97 Å². The van der Waals surface area contributed by atoms with Crippen LogP contribution in [0, 0.1) is 11.7 Å². The van der Waals surface area contributed by atoms with E-state index in [1.165, 1.54) is 12.3 Å². The number of carbonyl (C=O) groups is 1. The first-order chi connectivity index (χ1) is 8.58. The number of piperidine rings is 1. The van der Waals surface area contributed by atoms with E-state index >= 15 is 0 Å². The summed E-state index contributed by atoms with van der Waals surface area (Å²) in [5.41, 5.74) is 0.837. The minimum Gasteiger partial charge on any atom is -0.481 e. The zero-order chi connectivity index (χ0) is 13.1. The average Bonchev–Trinajstić information content (AvgIpc) is 2.38. The Morgan fingerprint density at radius 3 is 2.72 bits per heavy atom. The van der Waals surface area contributed by atoms with Crippen LogP contribution in [-0.2, 0) is 4.79 Å². The molecule has 1 aromatic heterocycles. The van der Waals surface area contributed by atoms with Crippen LogP contribution < -0.4 is 0 Å². The van der Waals surface area contributed by atoms with Gasteiger partial charge in [-0.1, -0.05) is 0 Å². The second kappa shape index (κ2) is 5.44. The zero-order valence-electron chi connectivity index (χ0n) is 10.3. The van der Waals surface area contributed by atoms with Gasteiger partial charge in [-0.2, -0.15) is 0 Å². The van der Waals surface area contributed by atoms with E-state index in [2.05, 4.69) is 9.88 Å². The van der Waals surface area contributed by atoms with Crippen molar-refractivity contribution in [3.05, 3.63) is 29.8 Å². The highest BCUT2D eigenvalue weighted by Crippen LogP contribution is 2.26. The molecule has 1 aliphatic heterocycles. The van der Waals surface area contributed by atoms with Crippen molar-refractivity contribution >= 4 is 5.97 Å². The second-order valence-corrected chi connectivity index (χ2v) is 4.76. The molecule has 0 saturated carbocycles. The Balaban J connectivity index is 1.99. The van der Waals surface area contributed by atoms with Gasteiger partial charge in [0.25, 0.3) is 0 Å². The molecule has 0 bridgehead atoms. The van der Waals surface area contributed by atoms with E-state index in [1.54, 1.807) is 6.20 Å². The number of aromatic nitrogens is 1. The maximum atomic E-state index is 13.1. The molecule has 1 atom stereocenters. The van der Waals surface area contributed by atoms with E-state index in [9.17, 15) is 9.18 Å². The first-order valence-corrected chi connectivity index (χ1v) is 6.15. The van der Waals surface area contributed by atoms with Crippen LogP contribution >= 0.6 is 0 Å². The zero-order valence-corrected chi connectivity index (χ0v) is 10.3. The highest BCUT2D eigenvalue weighted by Gasteiger charge is 2.27. The Bertz CT molecular complexity index is 431. The molecule has 1 aliphatic rings. The largest absolute Gasteiger partial charge is 0.481 e. The van der Waals surface area contributed by atoms with Crippen LogP contribution in [-0.4, -0.2) is 34.0 Å². The lowest BCUT2D eigenvalue weighted by Crippen LogP contribution is -2.37. The molecular weight excluding hydrogens is 235 g/mol. The van der Waals surface area contributed by atoms with Gasteiger partial charge in [-0.25, -0.2) is 4.39 Å². The van der Waals surface area contributed by atoms with E-state index in [4.69, 9.17) is 5.11 Å². The van der Waals surface area contributed by atoms with Crippen LogP contribution in [0.15, 0.2) is 18.5 Å². The molecule has 1 aromatic rings. The lowest BCUT2D eigenvalue weighted by atomic mass is 9.95. The van der Waals surface area contributed by atoms with Gasteiger partial charge in [0.15, 0.2) is 0 Å². The van der Waals surface area contributed by atoms with Gasteiger partial charge in [0.05, 0.1) is 12.1 Å². The molecule has 2 heterocycles. The molecule has 98 valence electrons. The quantitative estimate of drug-likeness (QED) is 0.894. The Labute approximate surface area is 105 Å². The van der Waals surface area contributed by atoms with Crippen molar-refractivity contribution in [1.82, 2.24) is 9.88 Å². The molecule has 0 aliphatic carbocycles. The van der Waals surface area contributed by atoms with E-state index in [1.807, 2.05) is 6.92 Å². The maximum absolute atomic E-state index is 13.1. The molecule has 1 fully saturated rings. The summed E-state index contributed by atoms with van der Waals surface area (Å²) >= 11 is 0. The summed E-state index contributed by atoms with van der Waals surface area (Å²) in [6, 6.07) is 1.56. The first-order valence-electron chi connectivity index (χ1n) is 6.15. The third-order valence-electron chi connectivity index (χ3n) is 3.63. The van der Waals surface area contributed by atoms with Crippen LogP contribution in [0.3, 0.4) is 0 Å². The molecule has 0 radical (unpaired) electrons. The number of pyridine rings is 1. The summed E-state index contributed by atoms with van der Waals surface area (Å²) in [5, 5.41) is 8.94. The second-order valence-electron chi connectivity index (χ2n) is 4.76. The fraction of sp³-hybridized carbons (Fsp3) is 0.538. The predicted molar refractivity (Wildman–Crippen MR) is 64.5 cm³/mol. The van der Waals surface area contributed by atoms with Crippen molar-refractivity contribution < 1.29 is 14.3 Å². The molecule has 18 heavy (non-hydrogen) atoms. The highest BCUT2D eigenvalue weighted by molar-refractivity contribution is 5.70. The molecule has 0 spiro atoms. The Kier molecular flexibility index (Phi) is 3.91. The molecule has 4 nitrogen and oxygen atoms in total. The summed E-state index contributed by atoms with van der Waals surface area (Å²) in [5.74, 6) is -1.28. The molecule has 5 heteroatoms. The number of carboxylic acids is 1. The van der Waals surface area contributed by atoms with Crippen molar-refractivity contribution in [3.8, 4) is 0 Å². The maximum Gasteiger partial charge on any atom is 0.306 e. The summed E-state index contributed by atoms with van der Waals surface area (Å²) in [4.78, 5) is 16.9. The fourth-order valence-electron chi connectivity index (χ4n) is 2.40. The third-order valence-corrected chi connectivity index (χ3v) is 3.63. The van der Waals surface area contributed by atoms with E-state index in [-0.39, 0.29) is 17.8 Å². The first kappa shape index (κ1) is 13.0. The van der Waals surface area contributed by atoms with Crippen LogP contribution in [0.5, 0.6) is 0 Å². The van der Waals surface area contributed by atoms with Gasteiger partial charge in [0, 0.05) is 12.2 Å². The number of nitrogens with zero attached hydrogens (tertiary/aromatic N) is 2. The molecule has 1 saturated heterocycles. The van der Waals surface area contributed by atoms with Crippen LogP contribution in [0.4, 0.5) is 4.39 Å². The van der Waals surface area contributed by atoms with Crippen LogP contribution in [0.2, 0.25) is 0 Å². The number of hydrogen-bond acceptors (Lipinski definition) is 3. The summed E-state index contributed by atoms with van der Waals surface area (Å²) in [6.45, 7) is 3.46. The number of aliphatic carboxylic acids is 1. The number of rotatable bonds is 3. The smallest absolute Gasteiger partial charge is 0.306 e. The molecule has 0 amide bonds. The number of likely N-dealkylation sites (tertiary alicyclic amines) is 1. The van der Waals surface area contributed by atoms with E-state index < -0.39 is 5.97 Å². The van der Waals surface area contributed by atoms with Gasteiger partial charge in [-0.3, -0.25) is 14.7 Å². The van der Waals surface area contributed by atoms with Crippen molar-refractivity contribution in [1.29, 1.82) is 0 Å². The van der Waals surface area contributed by atoms with E-state index in [0.717, 1.165) is 18.7 Å². The predicted octanol–water partition coefficient (Wildman–Crippen LogP) is 2.08. The Morgan fingerprint density at radius 2 is 2.17 bits per heavy atom. The van der Waals surface area contributed by atoms with Gasteiger partial charge in [0.1, 0.15) is 5.82 Å². The average molecular weight is 252 g/mol.